The molecule has 1 heterocycles. The smallest absolute Gasteiger partial charge is 0.220 e. The highest BCUT2D eigenvalue weighted by atomic mass is 16.7. The van der Waals surface area contributed by atoms with Gasteiger partial charge in [-0.25, -0.2) is 0 Å². The first kappa shape index (κ1) is 62.9. The summed E-state index contributed by atoms with van der Waals surface area (Å²) < 4.78 is 11.2. The Morgan fingerprint density at radius 1 is 0.522 bits per heavy atom. The van der Waals surface area contributed by atoms with E-state index in [0.717, 1.165) is 83.5 Å². The van der Waals surface area contributed by atoms with Crippen molar-refractivity contribution in [1.82, 2.24) is 5.32 Å². The standard InChI is InChI=1S/C58H105NO8/c1-3-5-7-9-10-11-12-13-14-15-16-17-18-19-20-21-22-23-24-25-26-27-28-29-30-31-32-33-34-35-36-37-38-39-40-41-42-44-46-48-54(62)59-51(52(61)47-45-43-8-6-4-2)50-66-58-57(65)56(64)55(63)53(49-60)67-58/h5,7,10-11,13-14,16-17,19-20,51-53,55-58,60-61,63-65H,3-4,6,8-9,12,15,18,21-50H2,1-2H3,(H,59,62)/b7-5-,11-10-,14-13-,17-16-,20-19-. The minimum absolute atomic E-state index is 0.139. The number of ether oxygens (including phenoxy) is 2. The number of allylic oxidation sites excluding steroid dienone is 10. The minimum Gasteiger partial charge on any atom is -0.394 e. The Bertz CT molecular complexity index is 1230. The number of carbonyl (C=O) groups excluding carboxylic acids is 1. The molecule has 1 aliphatic heterocycles. The minimum atomic E-state index is -1.55. The molecule has 390 valence electrons. The van der Waals surface area contributed by atoms with Gasteiger partial charge in [-0.1, -0.05) is 242 Å². The first-order chi connectivity index (χ1) is 32.8. The van der Waals surface area contributed by atoms with Crippen LogP contribution in [0.2, 0.25) is 0 Å². The van der Waals surface area contributed by atoms with Crippen molar-refractivity contribution in [2.24, 2.45) is 0 Å². The van der Waals surface area contributed by atoms with Gasteiger partial charge in [0, 0.05) is 6.42 Å². The molecule has 9 heteroatoms. The number of hydrogen-bond acceptors (Lipinski definition) is 8. The van der Waals surface area contributed by atoms with Crippen LogP contribution in [0.25, 0.3) is 0 Å². The van der Waals surface area contributed by atoms with E-state index in [1.807, 2.05) is 0 Å². The SMILES string of the molecule is CC/C=C\C/C=C\C/C=C\C/C=C\C/C=C\CCCCCCCCCCCCCCCCCCCCCCCCCC(=O)NC(COC1OC(CO)C(O)C(O)C1O)C(O)CCCCCCC. The quantitative estimate of drug-likeness (QED) is 0.0261. The third kappa shape index (κ3) is 37.4. The third-order valence-corrected chi connectivity index (χ3v) is 13.1. The summed E-state index contributed by atoms with van der Waals surface area (Å²) >= 11 is 0. The van der Waals surface area contributed by atoms with Crippen LogP contribution in [0.3, 0.4) is 0 Å². The van der Waals surface area contributed by atoms with Crippen LogP contribution in [0.4, 0.5) is 0 Å². The average Bonchev–Trinajstić information content (AvgIpc) is 3.33. The van der Waals surface area contributed by atoms with Crippen molar-refractivity contribution >= 4 is 5.91 Å². The summed E-state index contributed by atoms with van der Waals surface area (Å²) in [5.74, 6) is -0.149. The number of rotatable bonds is 47. The number of unbranched alkanes of at least 4 members (excludes halogenated alkanes) is 27. The monoisotopic (exact) mass is 944 g/mol. The van der Waals surface area contributed by atoms with Crippen molar-refractivity contribution in [2.45, 2.75) is 288 Å². The Labute approximate surface area is 411 Å². The molecule has 0 aromatic heterocycles. The molecule has 0 spiro atoms. The maximum atomic E-state index is 12.9. The first-order valence-electron chi connectivity index (χ1n) is 28.0. The Morgan fingerprint density at radius 2 is 0.925 bits per heavy atom. The molecule has 7 atom stereocenters. The van der Waals surface area contributed by atoms with Crippen molar-refractivity contribution in [3.8, 4) is 0 Å². The van der Waals surface area contributed by atoms with Crippen LogP contribution < -0.4 is 5.32 Å². The maximum Gasteiger partial charge on any atom is 0.220 e. The molecule has 7 unspecified atom stereocenters. The van der Waals surface area contributed by atoms with Crippen LogP contribution in [-0.4, -0.2) is 87.5 Å². The molecule has 9 nitrogen and oxygen atoms in total. The van der Waals surface area contributed by atoms with E-state index in [2.05, 4.69) is 79.9 Å². The topological polar surface area (TPSA) is 149 Å². The van der Waals surface area contributed by atoms with Gasteiger partial charge >= 0.3 is 0 Å². The molecular formula is C58H105NO8. The lowest BCUT2D eigenvalue weighted by atomic mass is 9.99. The molecule has 0 bridgehead atoms. The zero-order chi connectivity index (χ0) is 48.7. The summed E-state index contributed by atoms with van der Waals surface area (Å²) in [6.07, 6.45) is 57.7. The lowest BCUT2D eigenvalue weighted by Gasteiger charge is -2.40. The zero-order valence-electron chi connectivity index (χ0n) is 43.1. The summed E-state index contributed by atoms with van der Waals surface area (Å²) in [5.41, 5.74) is 0. The van der Waals surface area contributed by atoms with Gasteiger partial charge in [-0.2, -0.15) is 0 Å². The summed E-state index contributed by atoms with van der Waals surface area (Å²) in [6.45, 7) is 3.63. The first-order valence-corrected chi connectivity index (χ1v) is 28.0. The van der Waals surface area contributed by atoms with Gasteiger partial charge < -0.3 is 40.3 Å². The van der Waals surface area contributed by atoms with E-state index in [-0.39, 0.29) is 12.5 Å². The third-order valence-electron chi connectivity index (χ3n) is 13.1. The molecule has 0 aliphatic carbocycles. The molecule has 0 aromatic carbocycles. The van der Waals surface area contributed by atoms with Crippen LogP contribution in [0, 0.1) is 0 Å². The normalized spacial score (nSPS) is 20.1. The molecule has 1 aliphatic rings. The van der Waals surface area contributed by atoms with Crippen LogP contribution >= 0.6 is 0 Å². The van der Waals surface area contributed by atoms with Crippen LogP contribution in [0.5, 0.6) is 0 Å². The number of hydrogen-bond donors (Lipinski definition) is 6. The van der Waals surface area contributed by atoms with E-state index in [1.165, 1.54) is 135 Å². The van der Waals surface area contributed by atoms with E-state index >= 15 is 0 Å². The average molecular weight is 944 g/mol. The van der Waals surface area contributed by atoms with Gasteiger partial charge in [-0.05, 0) is 57.8 Å². The predicted molar refractivity (Wildman–Crippen MR) is 281 cm³/mol. The molecule has 0 radical (unpaired) electrons. The summed E-state index contributed by atoms with van der Waals surface area (Å²) in [7, 11) is 0. The summed E-state index contributed by atoms with van der Waals surface area (Å²) in [6, 6.07) is -0.714. The lowest BCUT2D eigenvalue weighted by molar-refractivity contribution is -0.302. The van der Waals surface area contributed by atoms with Crippen molar-refractivity contribution in [1.29, 1.82) is 0 Å². The zero-order valence-corrected chi connectivity index (χ0v) is 43.1. The summed E-state index contributed by atoms with van der Waals surface area (Å²) in [5, 5.41) is 54.0. The predicted octanol–water partition coefficient (Wildman–Crippen LogP) is 13.5. The number of aliphatic hydroxyl groups excluding tert-OH is 5. The number of amides is 1. The lowest BCUT2D eigenvalue weighted by Crippen LogP contribution is -2.60. The van der Waals surface area contributed by atoms with Crippen molar-refractivity contribution < 1.29 is 39.8 Å². The second kappa shape index (κ2) is 47.6. The molecule has 67 heavy (non-hydrogen) atoms. The van der Waals surface area contributed by atoms with Crippen molar-refractivity contribution in [2.75, 3.05) is 13.2 Å². The maximum absolute atomic E-state index is 12.9. The Hall–Kier alpha value is -2.11. The van der Waals surface area contributed by atoms with E-state index < -0.39 is 49.5 Å². The molecule has 1 rings (SSSR count). The van der Waals surface area contributed by atoms with E-state index in [4.69, 9.17) is 9.47 Å². The molecular weight excluding hydrogens is 839 g/mol. The van der Waals surface area contributed by atoms with Crippen molar-refractivity contribution in [3.05, 3.63) is 60.8 Å². The van der Waals surface area contributed by atoms with Gasteiger partial charge in [0.05, 0.1) is 25.4 Å². The van der Waals surface area contributed by atoms with Crippen LogP contribution in [0.1, 0.15) is 245 Å². The molecule has 0 saturated carbocycles. The highest BCUT2D eigenvalue weighted by Crippen LogP contribution is 2.23. The number of nitrogens with one attached hydrogen (secondary N) is 1. The van der Waals surface area contributed by atoms with Crippen LogP contribution in [-0.2, 0) is 14.3 Å². The van der Waals surface area contributed by atoms with E-state index in [9.17, 15) is 30.3 Å². The fourth-order valence-electron chi connectivity index (χ4n) is 8.72. The van der Waals surface area contributed by atoms with Gasteiger partial charge in [0.25, 0.3) is 0 Å². The second-order valence-electron chi connectivity index (χ2n) is 19.4. The highest BCUT2D eigenvalue weighted by Gasteiger charge is 2.44. The van der Waals surface area contributed by atoms with E-state index in [1.54, 1.807) is 0 Å². The second-order valence-corrected chi connectivity index (χ2v) is 19.4. The largest absolute Gasteiger partial charge is 0.394 e. The van der Waals surface area contributed by atoms with Gasteiger partial charge in [0.15, 0.2) is 6.29 Å². The fourth-order valence-corrected chi connectivity index (χ4v) is 8.72. The molecule has 0 aromatic rings. The Balaban J connectivity index is 1.94. The molecule has 1 saturated heterocycles. The number of carbonyl (C=O) groups is 1. The van der Waals surface area contributed by atoms with Gasteiger partial charge in [-0.15, -0.1) is 0 Å². The summed E-state index contributed by atoms with van der Waals surface area (Å²) in [4.78, 5) is 12.9. The molecule has 1 amide bonds. The Morgan fingerprint density at radius 3 is 1.37 bits per heavy atom. The molecule has 1 fully saturated rings. The molecule has 6 N–H and O–H groups in total. The van der Waals surface area contributed by atoms with Gasteiger partial charge in [0.2, 0.25) is 5.91 Å². The van der Waals surface area contributed by atoms with E-state index in [0.29, 0.717) is 12.8 Å². The van der Waals surface area contributed by atoms with Crippen LogP contribution in [0.15, 0.2) is 60.8 Å². The van der Waals surface area contributed by atoms with Crippen molar-refractivity contribution in [3.63, 3.8) is 0 Å². The highest BCUT2D eigenvalue weighted by molar-refractivity contribution is 5.76. The fraction of sp³-hybridized carbons (Fsp3) is 0.810. The van der Waals surface area contributed by atoms with Gasteiger partial charge in [0.1, 0.15) is 24.4 Å². The number of aliphatic hydroxyl groups is 5. The Kier molecular flexibility index (Phi) is 44.7. The van der Waals surface area contributed by atoms with Gasteiger partial charge in [-0.3, -0.25) is 4.79 Å².